The summed E-state index contributed by atoms with van der Waals surface area (Å²) in [5.74, 6) is 0.961. The van der Waals surface area contributed by atoms with Crippen LogP contribution in [0.1, 0.15) is 5.56 Å². The number of likely N-dealkylation sites (N-methyl/N-ethyl adjacent to an activating group) is 1. The Kier molecular flexibility index (Phi) is 5.88. The number of carbonyl (C=O) groups is 1. The smallest absolute Gasteiger partial charge is 0.317 e. The molecule has 0 fully saturated rings. The molecule has 0 aliphatic heterocycles. The molecule has 5 heteroatoms. The monoisotopic (exact) mass is 240 g/mol. The molecule has 1 N–H and O–H groups in total. The Labute approximate surface area is 99.7 Å². The highest BCUT2D eigenvalue weighted by atomic mass is 32.2. The summed E-state index contributed by atoms with van der Waals surface area (Å²) < 4.78 is 0. The number of nitrogens with zero attached hydrogens (tertiary/aromatic N) is 2. The first-order chi connectivity index (χ1) is 7.68. The Balaban J connectivity index is 2.10. The molecule has 88 valence electrons. The maximum atomic E-state index is 10.4. The summed E-state index contributed by atoms with van der Waals surface area (Å²) >= 11 is 1.74. The van der Waals surface area contributed by atoms with Gasteiger partial charge in [-0.1, -0.05) is 0 Å². The summed E-state index contributed by atoms with van der Waals surface area (Å²) in [6.45, 7) is 0.0995. The first-order valence-corrected chi connectivity index (χ1v) is 6.21. The molecule has 16 heavy (non-hydrogen) atoms. The molecule has 0 aliphatic carbocycles. The van der Waals surface area contributed by atoms with Crippen LogP contribution >= 0.6 is 11.8 Å². The van der Waals surface area contributed by atoms with E-state index < -0.39 is 5.97 Å². The Morgan fingerprint density at radius 3 is 2.81 bits per heavy atom. The van der Waals surface area contributed by atoms with Crippen LogP contribution in [0.3, 0.4) is 0 Å². The number of carboxylic acid groups (broad SMARTS) is 1. The molecule has 1 heterocycles. The minimum Gasteiger partial charge on any atom is -0.480 e. The lowest BCUT2D eigenvalue weighted by molar-refractivity contribution is -0.137. The summed E-state index contributed by atoms with van der Waals surface area (Å²) in [6.07, 6.45) is 4.57. The lowest BCUT2D eigenvalue weighted by Gasteiger charge is -2.12. The molecule has 0 saturated heterocycles. The normalized spacial score (nSPS) is 10.6. The van der Waals surface area contributed by atoms with Gasteiger partial charge in [-0.15, -0.1) is 11.8 Å². The van der Waals surface area contributed by atoms with Gasteiger partial charge in [-0.2, -0.15) is 0 Å². The quantitative estimate of drug-likeness (QED) is 0.575. The van der Waals surface area contributed by atoms with Gasteiger partial charge < -0.3 is 5.11 Å². The number of hydrogen-bond donors (Lipinski definition) is 1. The van der Waals surface area contributed by atoms with Gasteiger partial charge in [0.15, 0.2) is 0 Å². The molecule has 1 aromatic heterocycles. The van der Waals surface area contributed by atoms with Crippen molar-refractivity contribution in [3.8, 4) is 0 Å². The number of thioether (sulfide) groups is 1. The number of rotatable bonds is 7. The van der Waals surface area contributed by atoms with Crippen LogP contribution in [0, 0.1) is 0 Å². The van der Waals surface area contributed by atoms with Gasteiger partial charge in [0.1, 0.15) is 0 Å². The zero-order chi connectivity index (χ0) is 11.8. The Morgan fingerprint density at radius 1 is 1.50 bits per heavy atom. The summed E-state index contributed by atoms with van der Waals surface area (Å²) in [7, 11) is 1.81. The molecule has 0 amide bonds. The topological polar surface area (TPSA) is 53.4 Å². The molecule has 0 aromatic carbocycles. The van der Waals surface area contributed by atoms with Gasteiger partial charge in [0.05, 0.1) is 6.54 Å². The fourth-order valence-corrected chi connectivity index (χ4v) is 2.15. The first-order valence-electron chi connectivity index (χ1n) is 5.05. The van der Waals surface area contributed by atoms with E-state index in [1.165, 1.54) is 5.56 Å². The van der Waals surface area contributed by atoms with Crippen LogP contribution in [0.25, 0.3) is 0 Å². The predicted octanol–water partition coefficient (Wildman–Crippen LogP) is 1.33. The second-order valence-corrected chi connectivity index (χ2v) is 4.63. The van der Waals surface area contributed by atoms with Gasteiger partial charge in [-0.25, -0.2) is 0 Å². The minimum absolute atomic E-state index is 0.0995. The molecule has 1 rings (SSSR count). The molecule has 0 aliphatic rings. The van der Waals surface area contributed by atoms with Gasteiger partial charge in [-0.3, -0.25) is 14.7 Å². The highest BCUT2D eigenvalue weighted by molar-refractivity contribution is 7.99. The van der Waals surface area contributed by atoms with Gasteiger partial charge in [0.2, 0.25) is 0 Å². The number of aliphatic carboxylic acids is 1. The van der Waals surface area contributed by atoms with E-state index in [9.17, 15) is 4.79 Å². The molecule has 0 atom stereocenters. The van der Waals surface area contributed by atoms with Gasteiger partial charge >= 0.3 is 5.97 Å². The van der Waals surface area contributed by atoms with Crippen LogP contribution in [0.4, 0.5) is 0 Å². The molecule has 0 saturated carbocycles. The van der Waals surface area contributed by atoms with E-state index in [1.807, 2.05) is 19.2 Å². The van der Waals surface area contributed by atoms with Gasteiger partial charge in [0.25, 0.3) is 0 Å². The van der Waals surface area contributed by atoms with Crippen LogP contribution in [-0.2, 0) is 11.2 Å². The van der Waals surface area contributed by atoms with Crippen LogP contribution in [0.15, 0.2) is 24.5 Å². The van der Waals surface area contributed by atoms with Gasteiger partial charge in [-0.05, 0) is 36.9 Å². The minimum atomic E-state index is -0.780. The van der Waals surface area contributed by atoms with Crippen molar-refractivity contribution >= 4 is 17.7 Å². The van der Waals surface area contributed by atoms with Crippen molar-refractivity contribution in [2.75, 3.05) is 25.2 Å². The molecule has 0 spiro atoms. The van der Waals surface area contributed by atoms with E-state index >= 15 is 0 Å². The first kappa shape index (κ1) is 13.0. The average molecular weight is 240 g/mol. The van der Waals surface area contributed by atoms with E-state index in [4.69, 9.17) is 5.11 Å². The summed E-state index contributed by atoms with van der Waals surface area (Å²) in [4.78, 5) is 16.2. The molecular formula is C11H16N2O2S. The standard InChI is InChI=1S/C11H16N2O2S/c1-13(8-11(14)15)9-16-7-4-10-2-5-12-6-3-10/h2-3,5-6H,4,7-9H2,1H3,(H,14,15). The predicted molar refractivity (Wildman–Crippen MR) is 65.5 cm³/mol. The van der Waals surface area contributed by atoms with Crippen molar-refractivity contribution in [2.45, 2.75) is 6.42 Å². The maximum absolute atomic E-state index is 10.4. The van der Waals surface area contributed by atoms with E-state index in [-0.39, 0.29) is 6.54 Å². The third-order valence-electron chi connectivity index (χ3n) is 2.00. The second-order valence-electron chi connectivity index (χ2n) is 3.55. The molecule has 0 radical (unpaired) electrons. The van der Waals surface area contributed by atoms with Gasteiger partial charge in [0, 0.05) is 18.3 Å². The Morgan fingerprint density at radius 2 is 2.19 bits per heavy atom. The van der Waals surface area contributed by atoms with Crippen LogP contribution in [0.5, 0.6) is 0 Å². The van der Waals surface area contributed by atoms with Crippen molar-refractivity contribution in [1.29, 1.82) is 0 Å². The van der Waals surface area contributed by atoms with E-state index in [2.05, 4.69) is 4.98 Å². The zero-order valence-electron chi connectivity index (χ0n) is 9.30. The third-order valence-corrected chi connectivity index (χ3v) is 3.12. The third kappa shape index (κ3) is 5.72. The largest absolute Gasteiger partial charge is 0.480 e. The Bertz CT molecular complexity index is 319. The number of aryl methyl sites for hydroxylation is 1. The molecule has 1 aromatic rings. The maximum Gasteiger partial charge on any atom is 0.317 e. The lowest BCUT2D eigenvalue weighted by atomic mass is 10.2. The Hall–Kier alpha value is -1.07. The SMILES string of the molecule is CN(CSCCc1ccncc1)CC(=O)O. The summed E-state index contributed by atoms with van der Waals surface area (Å²) in [5, 5.41) is 8.56. The van der Waals surface area contributed by atoms with Crippen molar-refractivity contribution in [3.05, 3.63) is 30.1 Å². The fraction of sp³-hybridized carbons (Fsp3) is 0.455. The van der Waals surface area contributed by atoms with E-state index in [0.717, 1.165) is 18.1 Å². The van der Waals surface area contributed by atoms with Crippen molar-refractivity contribution in [1.82, 2.24) is 9.88 Å². The number of hydrogen-bond acceptors (Lipinski definition) is 4. The van der Waals surface area contributed by atoms with E-state index in [1.54, 1.807) is 29.1 Å². The highest BCUT2D eigenvalue weighted by Crippen LogP contribution is 2.07. The van der Waals surface area contributed by atoms with Crippen molar-refractivity contribution in [3.63, 3.8) is 0 Å². The highest BCUT2D eigenvalue weighted by Gasteiger charge is 2.03. The van der Waals surface area contributed by atoms with Crippen molar-refractivity contribution in [2.24, 2.45) is 0 Å². The molecule has 0 bridgehead atoms. The number of aromatic nitrogens is 1. The van der Waals surface area contributed by atoms with Crippen molar-refractivity contribution < 1.29 is 9.90 Å². The fourth-order valence-electron chi connectivity index (χ4n) is 1.24. The summed E-state index contributed by atoms with van der Waals surface area (Å²) in [5.41, 5.74) is 1.27. The molecule has 0 unspecified atom stereocenters. The van der Waals surface area contributed by atoms with Crippen LogP contribution < -0.4 is 0 Å². The average Bonchev–Trinajstić information content (AvgIpc) is 2.25. The van der Waals surface area contributed by atoms with Crippen LogP contribution in [-0.4, -0.2) is 46.2 Å². The lowest BCUT2D eigenvalue weighted by Crippen LogP contribution is -2.25. The van der Waals surface area contributed by atoms with E-state index in [0.29, 0.717) is 0 Å². The second kappa shape index (κ2) is 7.24. The summed E-state index contributed by atoms with van der Waals surface area (Å²) in [6, 6.07) is 4.00. The number of carboxylic acids is 1. The zero-order valence-corrected chi connectivity index (χ0v) is 10.1. The number of pyridine rings is 1. The molecule has 4 nitrogen and oxygen atoms in total. The van der Waals surface area contributed by atoms with Crippen LogP contribution in [0.2, 0.25) is 0 Å². The molecular weight excluding hydrogens is 224 g/mol.